The van der Waals surface area contributed by atoms with E-state index in [1.165, 1.54) is 17.4 Å². The minimum absolute atomic E-state index is 0.224. The number of amides is 1. The van der Waals surface area contributed by atoms with Crippen LogP contribution in [0.2, 0.25) is 0 Å². The summed E-state index contributed by atoms with van der Waals surface area (Å²) < 4.78 is 16.7. The van der Waals surface area contributed by atoms with E-state index in [9.17, 15) is 4.79 Å². The molecule has 1 N–H and O–H groups in total. The van der Waals surface area contributed by atoms with Crippen molar-refractivity contribution in [2.45, 2.75) is 13.5 Å². The Bertz CT molecular complexity index is 1330. The van der Waals surface area contributed by atoms with E-state index in [4.69, 9.17) is 14.2 Å². The average Bonchev–Trinajstić information content (AvgIpc) is 3.57. The van der Waals surface area contributed by atoms with Gasteiger partial charge >= 0.3 is 0 Å². The highest BCUT2D eigenvalue weighted by molar-refractivity contribution is 7.14. The number of carbonyl (C=O) groups excluding carboxylic acids is 1. The Morgan fingerprint density at radius 3 is 2.88 bits per heavy atom. The second-order valence-corrected chi connectivity index (χ2v) is 9.03. The number of carbonyl (C=O) groups is 1. The molecular formula is C24H19N3O4S2. The fourth-order valence-corrected chi connectivity index (χ4v) is 4.53. The monoisotopic (exact) mass is 477 g/mol. The predicted molar refractivity (Wildman–Crippen MR) is 129 cm³/mol. The standard InChI is InChI=1S/C24H19N3O4S2/c1-15-25-18(12-32-15)11-29-20-5-3-2-4-16(20)7-9-23(28)27-24-26-19(13-33-24)17-6-8-21-22(10-17)31-14-30-21/h2-10,12-13H,11,14H2,1H3,(H,26,27,28)/b9-7+. The summed E-state index contributed by atoms with van der Waals surface area (Å²) in [5.74, 6) is 1.83. The van der Waals surface area contributed by atoms with Gasteiger partial charge in [0.15, 0.2) is 16.6 Å². The molecule has 0 saturated heterocycles. The molecule has 1 aliphatic rings. The van der Waals surface area contributed by atoms with Gasteiger partial charge in [-0.1, -0.05) is 18.2 Å². The molecule has 0 saturated carbocycles. The van der Waals surface area contributed by atoms with Crippen LogP contribution in [0, 0.1) is 6.92 Å². The summed E-state index contributed by atoms with van der Waals surface area (Å²) >= 11 is 2.95. The Morgan fingerprint density at radius 2 is 2.00 bits per heavy atom. The molecule has 3 heterocycles. The van der Waals surface area contributed by atoms with Crippen LogP contribution in [-0.2, 0) is 11.4 Å². The van der Waals surface area contributed by atoms with Gasteiger partial charge < -0.3 is 14.2 Å². The molecule has 5 rings (SSSR count). The number of aromatic nitrogens is 2. The first-order valence-electron chi connectivity index (χ1n) is 10.1. The maximum atomic E-state index is 12.5. The number of fused-ring (bicyclic) bond motifs is 1. The lowest BCUT2D eigenvalue weighted by Gasteiger charge is -2.07. The summed E-state index contributed by atoms with van der Waals surface area (Å²) in [6.45, 7) is 2.56. The van der Waals surface area contributed by atoms with Crippen molar-refractivity contribution in [3.8, 4) is 28.5 Å². The Balaban J connectivity index is 1.22. The first kappa shape index (κ1) is 21.2. The van der Waals surface area contributed by atoms with E-state index in [1.54, 1.807) is 17.4 Å². The van der Waals surface area contributed by atoms with Gasteiger partial charge in [0.1, 0.15) is 12.4 Å². The van der Waals surface area contributed by atoms with Gasteiger partial charge in [-0.25, -0.2) is 9.97 Å². The van der Waals surface area contributed by atoms with Crippen LogP contribution in [0.5, 0.6) is 17.2 Å². The maximum absolute atomic E-state index is 12.5. The fourth-order valence-electron chi connectivity index (χ4n) is 3.21. The number of anilines is 1. The summed E-state index contributed by atoms with van der Waals surface area (Å²) in [6.07, 6.45) is 3.19. The number of thiazole rings is 2. The van der Waals surface area contributed by atoms with Gasteiger partial charge in [0.2, 0.25) is 12.7 Å². The summed E-state index contributed by atoms with van der Waals surface area (Å²) in [5, 5.41) is 8.20. The van der Waals surface area contributed by atoms with Gasteiger partial charge in [-0.15, -0.1) is 22.7 Å². The molecule has 2 aromatic heterocycles. The van der Waals surface area contributed by atoms with Gasteiger partial charge in [0.25, 0.3) is 0 Å². The highest BCUT2D eigenvalue weighted by Crippen LogP contribution is 2.36. The molecule has 0 spiro atoms. The first-order valence-corrected chi connectivity index (χ1v) is 11.9. The van der Waals surface area contributed by atoms with Gasteiger partial charge in [-0.3, -0.25) is 10.1 Å². The second kappa shape index (κ2) is 9.43. The number of nitrogens with one attached hydrogen (secondary N) is 1. The Kier molecular flexibility index (Phi) is 6.05. The van der Waals surface area contributed by atoms with Crippen molar-refractivity contribution in [2.24, 2.45) is 0 Å². The predicted octanol–water partition coefficient (Wildman–Crippen LogP) is 5.53. The van der Waals surface area contributed by atoms with E-state index in [0.717, 1.165) is 33.3 Å². The number of aryl methyl sites for hydroxylation is 1. The zero-order chi connectivity index (χ0) is 22.6. The SMILES string of the molecule is Cc1nc(COc2ccccc2/C=C/C(=O)Nc2nc(-c3ccc4c(c3)OCO4)cs2)cs1. The number of hydrogen-bond donors (Lipinski definition) is 1. The summed E-state index contributed by atoms with van der Waals surface area (Å²) in [5.41, 5.74) is 3.34. The zero-order valence-electron chi connectivity index (χ0n) is 17.6. The summed E-state index contributed by atoms with van der Waals surface area (Å²) in [4.78, 5) is 21.4. The van der Waals surface area contributed by atoms with Crippen molar-refractivity contribution in [3.05, 3.63) is 75.6 Å². The quantitative estimate of drug-likeness (QED) is 0.352. The van der Waals surface area contributed by atoms with Crippen LogP contribution in [0.25, 0.3) is 17.3 Å². The van der Waals surface area contributed by atoms with E-state index in [2.05, 4.69) is 15.3 Å². The van der Waals surface area contributed by atoms with Crippen molar-refractivity contribution >= 4 is 39.8 Å². The van der Waals surface area contributed by atoms with Gasteiger partial charge in [0.05, 0.1) is 16.4 Å². The van der Waals surface area contributed by atoms with Gasteiger partial charge in [-0.05, 0) is 37.3 Å². The van der Waals surface area contributed by atoms with E-state index in [0.29, 0.717) is 23.2 Å². The van der Waals surface area contributed by atoms with Gasteiger partial charge in [-0.2, -0.15) is 0 Å². The van der Waals surface area contributed by atoms with Crippen LogP contribution in [0.1, 0.15) is 16.3 Å². The second-order valence-electron chi connectivity index (χ2n) is 7.11. The molecule has 0 radical (unpaired) electrons. The molecular weight excluding hydrogens is 458 g/mol. The van der Waals surface area contributed by atoms with E-state index in [-0.39, 0.29) is 12.7 Å². The molecule has 0 atom stereocenters. The molecule has 4 aromatic rings. The number of benzene rings is 2. The van der Waals surface area contributed by atoms with Crippen molar-refractivity contribution in [1.82, 2.24) is 9.97 Å². The Labute approximate surface area is 198 Å². The van der Waals surface area contributed by atoms with Crippen molar-refractivity contribution in [3.63, 3.8) is 0 Å². The number of ether oxygens (including phenoxy) is 3. The molecule has 1 amide bonds. The molecule has 0 bridgehead atoms. The minimum atomic E-state index is -0.272. The van der Waals surface area contributed by atoms with Crippen LogP contribution in [-0.4, -0.2) is 22.7 Å². The van der Waals surface area contributed by atoms with E-state index >= 15 is 0 Å². The molecule has 0 fully saturated rings. The van der Waals surface area contributed by atoms with E-state index < -0.39 is 0 Å². The number of hydrogen-bond acceptors (Lipinski definition) is 8. The zero-order valence-corrected chi connectivity index (χ0v) is 19.2. The average molecular weight is 478 g/mol. The molecule has 1 aliphatic heterocycles. The number of rotatable bonds is 7. The van der Waals surface area contributed by atoms with Crippen LogP contribution < -0.4 is 19.5 Å². The van der Waals surface area contributed by atoms with Gasteiger partial charge in [0, 0.05) is 28.0 Å². The summed E-state index contributed by atoms with van der Waals surface area (Å²) in [7, 11) is 0. The fraction of sp³-hybridized carbons (Fsp3) is 0.125. The molecule has 33 heavy (non-hydrogen) atoms. The Morgan fingerprint density at radius 1 is 1.12 bits per heavy atom. The lowest BCUT2D eigenvalue weighted by molar-refractivity contribution is -0.111. The third kappa shape index (κ3) is 5.05. The number of nitrogens with zero attached hydrogens (tertiary/aromatic N) is 2. The van der Waals surface area contributed by atoms with Crippen LogP contribution >= 0.6 is 22.7 Å². The molecule has 9 heteroatoms. The molecule has 0 aliphatic carbocycles. The lowest BCUT2D eigenvalue weighted by atomic mass is 10.1. The van der Waals surface area contributed by atoms with Crippen molar-refractivity contribution in [2.75, 3.05) is 12.1 Å². The lowest BCUT2D eigenvalue weighted by Crippen LogP contribution is -2.07. The normalized spacial score (nSPS) is 12.3. The smallest absolute Gasteiger partial charge is 0.250 e. The van der Waals surface area contributed by atoms with Crippen LogP contribution in [0.3, 0.4) is 0 Å². The molecule has 0 unspecified atom stereocenters. The number of para-hydroxylation sites is 1. The van der Waals surface area contributed by atoms with Crippen LogP contribution in [0.15, 0.2) is 59.3 Å². The molecule has 7 nitrogen and oxygen atoms in total. The molecule has 166 valence electrons. The van der Waals surface area contributed by atoms with Crippen molar-refractivity contribution < 1.29 is 19.0 Å². The first-order chi connectivity index (χ1) is 16.1. The highest BCUT2D eigenvalue weighted by Gasteiger charge is 2.15. The molecule has 2 aromatic carbocycles. The summed E-state index contributed by atoms with van der Waals surface area (Å²) in [6, 6.07) is 13.2. The minimum Gasteiger partial charge on any atom is -0.487 e. The van der Waals surface area contributed by atoms with Crippen LogP contribution in [0.4, 0.5) is 5.13 Å². The third-order valence-corrected chi connectivity index (χ3v) is 6.36. The van der Waals surface area contributed by atoms with E-state index in [1.807, 2.05) is 60.1 Å². The maximum Gasteiger partial charge on any atom is 0.250 e. The Hall–Kier alpha value is -3.69. The van der Waals surface area contributed by atoms with Crippen molar-refractivity contribution in [1.29, 1.82) is 0 Å². The highest BCUT2D eigenvalue weighted by atomic mass is 32.1. The topological polar surface area (TPSA) is 82.6 Å². The largest absolute Gasteiger partial charge is 0.487 e. The third-order valence-electron chi connectivity index (χ3n) is 4.78.